The van der Waals surface area contributed by atoms with Crippen LogP contribution < -0.4 is 11.1 Å². The van der Waals surface area contributed by atoms with Crippen molar-refractivity contribution < 1.29 is 0 Å². The third kappa shape index (κ3) is 3.57. The lowest BCUT2D eigenvalue weighted by Crippen LogP contribution is -2.03. The Morgan fingerprint density at radius 1 is 0.941 bits per heavy atom. The molecule has 1 heterocycles. The van der Waals surface area contributed by atoms with Crippen molar-refractivity contribution in [1.29, 1.82) is 0 Å². The molecule has 0 unspecified atom stereocenters. The van der Waals surface area contributed by atoms with Crippen LogP contribution in [0.2, 0.25) is 0 Å². The van der Waals surface area contributed by atoms with E-state index in [2.05, 4.69) is 34.6 Å². The van der Waals surface area contributed by atoms with Gasteiger partial charge in [-0.25, -0.2) is 0 Å². The molecule has 2 rings (SSSR count). The van der Waals surface area contributed by atoms with Crippen LogP contribution in [0.4, 0.5) is 5.69 Å². The second-order valence-corrected chi connectivity index (χ2v) is 3.94. The highest BCUT2D eigenvalue weighted by Crippen LogP contribution is 2.09. The first kappa shape index (κ1) is 11.6. The number of nitrogens with one attached hydrogen (secondary N) is 1. The van der Waals surface area contributed by atoms with Crippen LogP contribution in [-0.2, 0) is 13.0 Å². The van der Waals surface area contributed by atoms with Gasteiger partial charge in [0.25, 0.3) is 0 Å². The Morgan fingerprint density at radius 3 is 2.24 bits per heavy atom. The second kappa shape index (κ2) is 6.01. The van der Waals surface area contributed by atoms with Crippen molar-refractivity contribution in [2.45, 2.75) is 13.0 Å². The normalized spacial score (nSPS) is 10.2. The molecule has 88 valence electrons. The number of rotatable bonds is 5. The standard InChI is InChI=1S/C14H17N3/c15-8-5-12-1-3-13(4-2-12)11-17-14-6-9-16-10-7-14/h1-4,6-7,9-10H,5,8,11,15H2,(H,16,17). The number of benzene rings is 1. The molecule has 0 fully saturated rings. The van der Waals surface area contributed by atoms with Gasteiger partial charge in [-0.15, -0.1) is 0 Å². The summed E-state index contributed by atoms with van der Waals surface area (Å²) >= 11 is 0. The Hall–Kier alpha value is -1.87. The smallest absolute Gasteiger partial charge is 0.0400 e. The fourth-order valence-corrected chi connectivity index (χ4v) is 1.66. The predicted octanol–water partition coefficient (Wildman–Crippen LogP) is 2.19. The van der Waals surface area contributed by atoms with Gasteiger partial charge in [-0.2, -0.15) is 0 Å². The molecule has 3 N–H and O–H groups in total. The zero-order valence-corrected chi connectivity index (χ0v) is 9.76. The van der Waals surface area contributed by atoms with E-state index >= 15 is 0 Å². The van der Waals surface area contributed by atoms with Gasteiger partial charge in [0.2, 0.25) is 0 Å². The molecule has 0 saturated carbocycles. The zero-order valence-electron chi connectivity index (χ0n) is 9.76. The quantitative estimate of drug-likeness (QED) is 0.823. The monoisotopic (exact) mass is 227 g/mol. The van der Waals surface area contributed by atoms with E-state index in [-0.39, 0.29) is 0 Å². The minimum absolute atomic E-state index is 0.703. The minimum atomic E-state index is 0.703. The number of hydrogen-bond donors (Lipinski definition) is 2. The molecule has 0 aliphatic rings. The molecular formula is C14H17N3. The van der Waals surface area contributed by atoms with Gasteiger partial charge in [0.15, 0.2) is 0 Å². The zero-order chi connectivity index (χ0) is 11.9. The average molecular weight is 227 g/mol. The lowest BCUT2D eigenvalue weighted by atomic mass is 10.1. The lowest BCUT2D eigenvalue weighted by Gasteiger charge is -2.06. The van der Waals surface area contributed by atoms with Crippen molar-refractivity contribution in [2.24, 2.45) is 5.73 Å². The fourth-order valence-electron chi connectivity index (χ4n) is 1.66. The molecule has 1 aromatic heterocycles. The highest BCUT2D eigenvalue weighted by atomic mass is 14.9. The van der Waals surface area contributed by atoms with Crippen molar-refractivity contribution in [3.8, 4) is 0 Å². The van der Waals surface area contributed by atoms with Crippen molar-refractivity contribution >= 4 is 5.69 Å². The maximum absolute atomic E-state index is 5.52. The molecule has 0 aliphatic heterocycles. The highest BCUT2D eigenvalue weighted by Gasteiger charge is 1.95. The summed E-state index contributed by atoms with van der Waals surface area (Å²) in [5.74, 6) is 0. The molecular weight excluding hydrogens is 210 g/mol. The Bertz CT molecular complexity index is 437. The van der Waals surface area contributed by atoms with E-state index in [9.17, 15) is 0 Å². The summed E-state index contributed by atoms with van der Waals surface area (Å²) in [7, 11) is 0. The Labute approximate surface area is 102 Å². The van der Waals surface area contributed by atoms with Crippen molar-refractivity contribution in [3.63, 3.8) is 0 Å². The number of nitrogens with two attached hydrogens (primary N) is 1. The number of hydrogen-bond acceptors (Lipinski definition) is 3. The van der Waals surface area contributed by atoms with Crippen LogP contribution >= 0.6 is 0 Å². The molecule has 17 heavy (non-hydrogen) atoms. The van der Waals surface area contributed by atoms with Crippen LogP contribution in [0.5, 0.6) is 0 Å². The van der Waals surface area contributed by atoms with Gasteiger partial charge in [-0.1, -0.05) is 24.3 Å². The average Bonchev–Trinajstić information content (AvgIpc) is 2.40. The van der Waals surface area contributed by atoms with E-state index < -0.39 is 0 Å². The van der Waals surface area contributed by atoms with Crippen LogP contribution in [0.25, 0.3) is 0 Å². The van der Waals surface area contributed by atoms with Crippen molar-refractivity contribution in [3.05, 3.63) is 59.9 Å². The van der Waals surface area contributed by atoms with E-state index in [4.69, 9.17) is 5.73 Å². The van der Waals surface area contributed by atoms with Crippen LogP contribution in [-0.4, -0.2) is 11.5 Å². The Kier molecular flexibility index (Phi) is 4.11. The largest absolute Gasteiger partial charge is 0.381 e. The SMILES string of the molecule is NCCc1ccc(CNc2ccncc2)cc1. The van der Waals surface area contributed by atoms with Gasteiger partial charge in [0.05, 0.1) is 0 Å². The second-order valence-electron chi connectivity index (χ2n) is 3.94. The molecule has 0 bridgehead atoms. The highest BCUT2D eigenvalue weighted by molar-refractivity contribution is 5.41. The summed E-state index contributed by atoms with van der Waals surface area (Å²) in [5, 5.41) is 3.35. The molecule has 0 amide bonds. The van der Waals surface area contributed by atoms with Gasteiger partial charge < -0.3 is 11.1 Å². The summed E-state index contributed by atoms with van der Waals surface area (Å²) in [6.45, 7) is 1.53. The Morgan fingerprint density at radius 2 is 1.59 bits per heavy atom. The maximum atomic E-state index is 5.52. The molecule has 0 aliphatic carbocycles. The van der Waals surface area contributed by atoms with Gasteiger partial charge in [-0.3, -0.25) is 4.98 Å². The van der Waals surface area contributed by atoms with E-state index in [0.29, 0.717) is 6.54 Å². The number of pyridine rings is 1. The first-order chi connectivity index (χ1) is 8.38. The van der Waals surface area contributed by atoms with Crippen LogP contribution in [0.1, 0.15) is 11.1 Å². The van der Waals surface area contributed by atoms with Gasteiger partial charge in [-0.05, 0) is 36.2 Å². The molecule has 3 nitrogen and oxygen atoms in total. The van der Waals surface area contributed by atoms with Crippen molar-refractivity contribution in [2.75, 3.05) is 11.9 Å². The van der Waals surface area contributed by atoms with Crippen LogP contribution in [0.15, 0.2) is 48.8 Å². The first-order valence-corrected chi connectivity index (χ1v) is 5.80. The van der Waals surface area contributed by atoms with E-state index in [0.717, 1.165) is 18.7 Å². The summed E-state index contributed by atoms with van der Waals surface area (Å²) in [6, 6.07) is 12.5. The van der Waals surface area contributed by atoms with Crippen molar-refractivity contribution in [1.82, 2.24) is 4.98 Å². The number of nitrogens with zero attached hydrogens (tertiary/aromatic N) is 1. The molecule has 3 heteroatoms. The molecule has 0 radical (unpaired) electrons. The predicted molar refractivity (Wildman–Crippen MR) is 70.8 cm³/mol. The minimum Gasteiger partial charge on any atom is -0.381 e. The first-order valence-electron chi connectivity index (χ1n) is 5.80. The number of aromatic nitrogens is 1. The summed E-state index contributed by atoms with van der Waals surface area (Å²) in [5.41, 5.74) is 9.16. The summed E-state index contributed by atoms with van der Waals surface area (Å²) in [4.78, 5) is 3.98. The van der Waals surface area contributed by atoms with E-state index in [1.54, 1.807) is 12.4 Å². The van der Waals surface area contributed by atoms with E-state index in [1.807, 2.05) is 12.1 Å². The van der Waals surface area contributed by atoms with Gasteiger partial charge >= 0.3 is 0 Å². The molecule has 2 aromatic rings. The van der Waals surface area contributed by atoms with Crippen LogP contribution in [0, 0.1) is 0 Å². The van der Waals surface area contributed by atoms with Gasteiger partial charge in [0.1, 0.15) is 0 Å². The maximum Gasteiger partial charge on any atom is 0.0400 e. The Balaban J connectivity index is 1.91. The summed E-state index contributed by atoms with van der Waals surface area (Å²) < 4.78 is 0. The summed E-state index contributed by atoms with van der Waals surface area (Å²) in [6.07, 6.45) is 4.51. The molecule has 0 spiro atoms. The lowest BCUT2D eigenvalue weighted by molar-refractivity contribution is 0.966. The molecule has 0 saturated heterocycles. The topological polar surface area (TPSA) is 50.9 Å². The third-order valence-electron chi connectivity index (χ3n) is 2.63. The molecule has 1 aromatic carbocycles. The molecule has 0 atom stereocenters. The van der Waals surface area contributed by atoms with Gasteiger partial charge in [0, 0.05) is 24.6 Å². The third-order valence-corrected chi connectivity index (χ3v) is 2.63. The fraction of sp³-hybridized carbons (Fsp3) is 0.214. The van der Waals surface area contributed by atoms with E-state index in [1.165, 1.54) is 11.1 Å². The number of anilines is 1. The van der Waals surface area contributed by atoms with Crippen LogP contribution in [0.3, 0.4) is 0 Å².